The van der Waals surface area contributed by atoms with Crippen LogP contribution in [0.3, 0.4) is 0 Å². The molecule has 0 aliphatic heterocycles. The third-order valence-electron chi connectivity index (χ3n) is 11.2. The van der Waals surface area contributed by atoms with Crippen LogP contribution in [-0.4, -0.2) is 11.9 Å². The maximum Gasteiger partial charge on any atom is 2.00 e. The number of hydrogen-bond donors (Lipinski definition) is 0. The van der Waals surface area contributed by atoms with E-state index < -0.39 is 0 Å². The van der Waals surface area contributed by atoms with E-state index in [0.29, 0.717) is 5.56 Å². The molecule has 0 radical (unpaired) electrons. The fraction of sp³-hybridized carbons (Fsp3) is 0.630. The van der Waals surface area contributed by atoms with Crippen molar-refractivity contribution in [3.63, 3.8) is 0 Å². The molecule has 59 heavy (non-hydrogen) atoms. The van der Waals surface area contributed by atoms with Crippen LogP contribution in [0, 0.1) is 0 Å². The number of unbranched alkanes of at least 4 members (excludes halogenated alkanes) is 19. The van der Waals surface area contributed by atoms with E-state index in [9.17, 15) is 10.2 Å². The molecule has 0 N–H and O–H groups in total. The quantitative estimate of drug-likeness (QED) is 0.0357. The van der Waals surface area contributed by atoms with Gasteiger partial charge in [-0.15, -0.1) is 11.5 Å². The molecule has 0 atom stereocenters. The molecule has 0 aliphatic carbocycles. The summed E-state index contributed by atoms with van der Waals surface area (Å²) in [5.41, 5.74) is 7.76. The van der Waals surface area contributed by atoms with E-state index in [1.807, 2.05) is 12.3 Å². The largest absolute Gasteiger partial charge is 2.00 e. The van der Waals surface area contributed by atoms with Gasteiger partial charge >= 0.3 is 16.5 Å². The Morgan fingerprint density at radius 1 is 0.441 bits per heavy atom. The van der Waals surface area contributed by atoms with Crippen molar-refractivity contribution in [2.75, 3.05) is 0 Å². The first-order valence-corrected chi connectivity index (χ1v) is 24.2. The molecule has 0 unspecified atom stereocenters. The fourth-order valence-corrected chi connectivity index (χ4v) is 7.43. The Balaban J connectivity index is 0.000000808. The molecule has 3 aromatic carbocycles. The Morgan fingerprint density at radius 3 is 1.36 bits per heavy atom. The predicted molar refractivity (Wildman–Crippen MR) is 252 cm³/mol. The van der Waals surface area contributed by atoms with E-state index in [0.717, 1.165) is 67.6 Å². The second-order valence-electron chi connectivity index (χ2n) is 16.7. The zero-order chi connectivity index (χ0) is 41.9. The minimum absolute atomic E-state index is 0. The Labute approximate surface area is 373 Å². The Morgan fingerprint density at radius 2 is 0.847 bits per heavy atom. The Kier molecular flexibility index (Phi) is 33.8. The number of aliphatic imine (C=N–C) groups is 2. The van der Waals surface area contributed by atoms with Gasteiger partial charge in [-0.1, -0.05) is 199 Å². The second kappa shape index (κ2) is 36.9. The van der Waals surface area contributed by atoms with Gasteiger partial charge in [-0.2, -0.15) is 0 Å². The molecule has 3 aromatic rings. The van der Waals surface area contributed by atoms with Crippen molar-refractivity contribution < 1.29 is 26.7 Å². The normalized spacial score (nSPS) is 11.4. The van der Waals surface area contributed by atoms with Crippen molar-refractivity contribution in [1.29, 1.82) is 0 Å². The van der Waals surface area contributed by atoms with Crippen LogP contribution in [-0.2, 0) is 42.2 Å². The van der Waals surface area contributed by atoms with Crippen LogP contribution >= 0.6 is 0 Å². The first-order valence-electron chi connectivity index (χ1n) is 24.2. The summed E-state index contributed by atoms with van der Waals surface area (Å²) in [5, 5.41) is 23.2. The van der Waals surface area contributed by atoms with Crippen LogP contribution in [0.5, 0.6) is 11.5 Å². The summed E-state index contributed by atoms with van der Waals surface area (Å²) in [6.45, 7) is 11.1. The monoisotopic (exact) mass is 851 g/mol. The molecule has 5 heteroatoms. The van der Waals surface area contributed by atoms with Gasteiger partial charge in [0.2, 0.25) is 0 Å². The van der Waals surface area contributed by atoms with Gasteiger partial charge in [-0.25, -0.2) is 0 Å². The molecule has 4 nitrogen and oxygen atoms in total. The third kappa shape index (κ3) is 26.8. The molecule has 0 bridgehead atoms. The van der Waals surface area contributed by atoms with Crippen LogP contribution in [0.2, 0.25) is 0 Å². The zero-order valence-electron chi connectivity index (χ0n) is 38.4. The van der Waals surface area contributed by atoms with Crippen molar-refractivity contribution in [2.45, 2.75) is 221 Å². The van der Waals surface area contributed by atoms with E-state index in [4.69, 9.17) is 9.98 Å². The van der Waals surface area contributed by atoms with E-state index in [1.54, 1.807) is 0 Å². The molecule has 0 amide bonds. The molecule has 332 valence electrons. The summed E-state index contributed by atoms with van der Waals surface area (Å²) in [5.74, 6) is -0.622. The molecule has 3 rings (SSSR count). The molecular formula is C54H84N2NiO2. The maximum absolute atomic E-state index is 11.6. The van der Waals surface area contributed by atoms with Crippen molar-refractivity contribution in [2.24, 2.45) is 9.98 Å². The molecule has 0 aromatic heterocycles. The molecule has 0 saturated heterocycles. The molecular weight excluding hydrogens is 767 g/mol. The summed E-state index contributed by atoms with van der Waals surface area (Å²) in [4.78, 5) is 9.81. The number of benzene rings is 3. The van der Waals surface area contributed by atoms with Crippen LogP contribution in [0.4, 0.5) is 11.4 Å². The van der Waals surface area contributed by atoms with Gasteiger partial charge in [0.1, 0.15) is 0 Å². The summed E-state index contributed by atoms with van der Waals surface area (Å²) in [6.07, 6.45) is 38.1. The predicted octanol–water partition coefficient (Wildman–Crippen LogP) is 16.0. The average molecular weight is 852 g/mol. The van der Waals surface area contributed by atoms with Crippen LogP contribution < -0.4 is 10.2 Å². The molecule has 0 heterocycles. The summed E-state index contributed by atoms with van der Waals surface area (Å²) < 4.78 is 0. The third-order valence-corrected chi connectivity index (χ3v) is 11.2. The van der Waals surface area contributed by atoms with Crippen LogP contribution in [0.25, 0.3) is 0 Å². The number of aryl methyl sites for hydroxylation is 4. The minimum Gasteiger partial charge on any atom is -0.873 e. The van der Waals surface area contributed by atoms with Gasteiger partial charge in [-0.05, 0) is 105 Å². The van der Waals surface area contributed by atoms with Crippen molar-refractivity contribution in [3.05, 3.63) is 82.9 Å². The van der Waals surface area contributed by atoms with E-state index in [1.165, 1.54) is 158 Å². The van der Waals surface area contributed by atoms with Gasteiger partial charge in [-0.3, -0.25) is 9.98 Å². The standard InChI is InChI=1S/C39H62N2.C15H24O2.Ni/c1-4-7-10-12-14-16-18-21-23-35-26-30-37(31-27-35)40-34-39(25-20-9-6-3)41-38-32-28-36(29-33-38)24-22-19-17-15-13-11-8-5-2;1-3-5-7-8-12-10-13(9-6-4-2)15(17)14(16)11-12;/h26-34H,4-25H2,1-3H3;10-11,16-17H,3-9H2,1-2H3;/q;;+2/p-2. The van der Waals surface area contributed by atoms with E-state index in [2.05, 4.69) is 83.1 Å². The zero-order valence-corrected chi connectivity index (χ0v) is 39.4. The second-order valence-corrected chi connectivity index (χ2v) is 16.7. The average Bonchev–Trinajstić information content (AvgIpc) is 3.24. The molecule has 0 fully saturated rings. The fourth-order valence-electron chi connectivity index (χ4n) is 7.43. The van der Waals surface area contributed by atoms with Crippen molar-refractivity contribution in [1.82, 2.24) is 0 Å². The van der Waals surface area contributed by atoms with E-state index in [-0.39, 0.29) is 28.0 Å². The van der Waals surface area contributed by atoms with Crippen molar-refractivity contribution >= 4 is 23.3 Å². The van der Waals surface area contributed by atoms with Gasteiger partial charge in [0.15, 0.2) is 0 Å². The SMILES string of the molecule is CCCCCCCCCCc1ccc(N=CC(CCCCC)=Nc2ccc(CCCCCCCCCC)cc2)cc1.CCCCCc1cc([O-])c([O-])c(CCCC)c1.[Ni+2]. The van der Waals surface area contributed by atoms with Gasteiger partial charge < -0.3 is 10.2 Å². The Bertz CT molecular complexity index is 1480. The van der Waals surface area contributed by atoms with Gasteiger partial charge in [0, 0.05) is 6.21 Å². The van der Waals surface area contributed by atoms with Gasteiger partial charge in [0.05, 0.1) is 17.1 Å². The maximum atomic E-state index is 11.6. The number of nitrogens with zero attached hydrogens (tertiary/aromatic N) is 2. The molecule has 0 saturated carbocycles. The Hall–Kier alpha value is -2.91. The molecule has 0 spiro atoms. The number of rotatable bonds is 32. The smallest absolute Gasteiger partial charge is 0.873 e. The minimum atomic E-state index is -0.329. The summed E-state index contributed by atoms with van der Waals surface area (Å²) >= 11 is 0. The van der Waals surface area contributed by atoms with Crippen molar-refractivity contribution in [3.8, 4) is 11.5 Å². The van der Waals surface area contributed by atoms with Gasteiger partial charge in [0.25, 0.3) is 0 Å². The first-order chi connectivity index (χ1) is 28.4. The molecule has 0 aliphatic rings. The summed E-state index contributed by atoms with van der Waals surface area (Å²) in [6, 6.07) is 21.2. The first kappa shape index (κ1) is 54.1. The van der Waals surface area contributed by atoms with E-state index >= 15 is 0 Å². The van der Waals surface area contributed by atoms with Crippen LogP contribution in [0.1, 0.15) is 217 Å². The van der Waals surface area contributed by atoms with Crippen LogP contribution in [0.15, 0.2) is 70.6 Å². The summed E-state index contributed by atoms with van der Waals surface area (Å²) in [7, 11) is 0. The number of hydrogen-bond acceptors (Lipinski definition) is 4. The topological polar surface area (TPSA) is 70.8 Å².